The highest BCUT2D eigenvalue weighted by molar-refractivity contribution is 6.82. The summed E-state index contributed by atoms with van der Waals surface area (Å²) < 4.78 is 13.9. The van der Waals surface area contributed by atoms with Crippen LogP contribution in [0.1, 0.15) is 33.4 Å². The van der Waals surface area contributed by atoms with E-state index in [1.165, 1.54) is 327 Å². The highest BCUT2D eigenvalue weighted by Gasteiger charge is 3.01. The third-order valence-electron chi connectivity index (χ3n) is 27.7. The van der Waals surface area contributed by atoms with Gasteiger partial charge >= 0.3 is 11.9 Å². The van der Waals surface area contributed by atoms with Gasteiger partial charge in [0.1, 0.15) is 36.2 Å². The number of hydrogen-bond acceptors (Lipinski definition) is 8. The van der Waals surface area contributed by atoms with Crippen LogP contribution in [0.5, 0.6) is 23.0 Å². The zero-order valence-electron chi connectivity index (χ0n) is 42.8. The summed E-state index contributed by atoms with van der Waals surface area (Å²) in [7, 11) is 0. The van der Waals surface area contributed by atoms with Crippen LogP contribution in [0.15, 0.2) is 36.4 Å². The molecule has 8 nitrogen and oxygen atoms in total. The van der Waals surface area contributed by atoms with Gasteiger partial charge in [0.15, 0.2) is 5.41 Å². The highest BCUT2D eigenvalue weighted by atomic mass is 16.6. The van der Waals surface area contributed by atoms with Gasteiger partial charge in [-0.15, -0.1) is 0 Å². The van der Waals surface area contributed by atoms with Crippen molar-refractivity contribution >= 4 is 303 Å². The summed E-state index contributed by atoms with van der Waals surface area (Å²) in [6.45, 7) is -0.636. The van der Waals surface area contributed by atoms with Crippen molar-refractivity contribution in [1.82, 2.24) is 0 Å². The minimum atomic E-state index is -2.07. The third-order valence-corrected chi connectivity index (χ3v) is 27.7. The Hall–Kier alpha value is -11.0. The second-order valence-electron chi connectivity index (χ2n) is 28.9. The molecule has 8 heteroatoms. The molecule has 0 heterocycles. The molecule has 0 aliphatic heterocycles. The van der Waals surface area contributed by atoms with E-state index in [-0.39, 0.29) is 36.2 Å². The summed E-state index contributed by atoms with van der Waals surface area (Å²) in [4.78, 5) is 35.2. The lowest BCUT2D eigenvalue weighted by Gasteiger charge is -2.32. The Kier molecular flexibility index (Phi) is 3.32. The summed E-state index contributed by atoms with van der Waals surface area (Å²) >= 11 is 0. The van der Waals surface area contributed by atoms with Crippen molar-refractivity contribution in [3.05, 3.63) is 69.8 Å². The maximum Gasteiger partial charge on any atom is 0.326 e. The van der Waals surface area contributed by atoms with Crippen LogP contribution >= 0.6 is 0 Å². The molecule has 35 rings (SSSR count). The lowest BCUT2D eigenvalue weighted by atomic mass is 9.68. The molecule has 0 bridgehead atoms. The molecular formula is C77H14O8. The van der Waals surface area contributed by atoms with E-state index in [4.69, 9.17) is 9.47 Å². The monoisotopic (exact) mass is 1070 g/mol. The van der Waals surface area contributed by atoms with Crippen molar-refractivity contribution in [1.29, 1.82) is 0 Å². The molecule has 1 fully saturated rings. The molecule has 0 atom stereocenters. The molecule has 0 radical (unpaired) electrons. The van der Waals surface area contributed by atoms with E-state index in [0.29, 0.717) is 11.1 Å². The second-order valence-corrected chi connectivity index (χ2v) is 28.9. The van der Waals surface area contributed by atoms with E-state index < -0.39 is 28.2 Å². The second kappa shape index (κ2) is 8.20. The maximum absolute atomic E-state index is 17.6. The first kappa shape index (κ1) is 34.5. The van der Waals surface area contributed by atoms with E-state index in [1.807, 2.05) is 0 Å². The van der Waals surface area contributed by atoms with Crippen LogP contribution in [-0.2, 0) is 43.1 Å². The lowest BCUT2D eigenvalue weighted by Crippen LogP contribution is -2.38. The zero-order valence-corrected chi connectivity index (χ0v) is 42.8. The van der Waals surface area contributed by atoms with Crippen LogP contribution in [0.2, 0.25) is 0 Å². The molecule has 0 saturated heterocycles. The number of rotatable bonds is 6. The smallest absolute Gasteiger partial charge is 0.326 e. The molecular weight excluding hydrogens is 1050 g/mol. The fourth-order valence-corrected chi connectivity index (χ4v) is 27.3. The summed E-state index contributed by atoms with van der Waals surface area (Å²) in [6.07, 6.45) is 0. The predicted molar refractivity (Wildman–Crippen MR) is 335 cm³/mol. The van der Waals surface area contributed by atoms with Crippen LogP contribution in [0.4, 0.5) is 0 Å². The van der Waals surface area contributed by atoms with Gasteiger partial charge in [0.2, 0.25) is 0 Å². The van der Waals surface area contributed by atoms with Gasteiger partial charge in [-0.2, -0.15) is 0 Å². The van der Waals surface area contributed by atoms with E-state index in [1.54, 1.807) is 0 Å². The number of hydrogen-bond donors (Lipinski definition) is 4. The first-order valence-corrected chi connectivity index (χ1v) is 30.0. The minimum Gasteiger partial charge on any atom is -0.508 e. The van der Waals surface area contributed by atoms with Crippen LogP contribution in [0.25, 0.3) is 291 Å². The number of esters is 2. The number of carbonyl (C=O) groups is 2. The normalized spacial score (nSPS) is 18.5. The Labute approximate surface area is 462 Å². The number of phenolic OH excluding ortho intramolecular Hbond substituents is 4. The van der Waals surface area contributed by atoms with Crippen LogP contribution in [-0.4, -0.2) is 32.4 Å². The molecule has 0 aromatic heterocycles. The molecule has 0 unspecified atom stereocenters. The number of carbonyl (C=O) groups excluding carboxylic acids is 2. The van der Waals surface area contributed by atoms with Crippen molar-refractivity contribution in [2.75, 3.05) is 0 Å². The van der Waals surface area contributed by atoms with Gasteiger partial charge in [-0.25, -0.2) is 0 Å². The molecule has 5 aliphatic carbocycles. The Morgan fingerprint density at radius 1 is 0.235 bits per heavy atom. The molecule has 1 saturated carbocycles. The first-order valence-electron chi connectivity index (χ1n) is 30.0. The quantitative estimate of drug-likeness (QED) is 0.0735. The standard InChI is InChI=1S/C77H14O8/c78-11-1-9(2-12(79)5-11)7-84-73(82)77(74(83)85-8-10-3-13(80)6-14(81)4-10)75-69-61-53-43-33-25-17-15-16-19-23-21(17)29-37-31(23)41-35-27(19)28-20(16)24-22-18(15)26(25)34-40-30(22)38-32(24)42-36(28)46-45(35)55-49(41)59-51(37)57(47(53)39(29)33)65(69)67(59)71-63(55)64-56(46)50(42)60-52(38)58-48(40)54(44(34)43)62(61)70(75)66(58)68(60)72(64)76(71,75)77/h1-6,78-81H,7-8H2. The topological polar surface area (TPSA) is 134 Å². The predicted octanol–water partition coefficient (Wildman–Crippen LogP) is 17.6. The average Bonchev–Trinajstić information content (AvgIpc) is 1.36. The molecule has 4 N–H and O–H groups in total. The zero-order chi connectivity index (χ0) is 52.7. The van der Waals surface area contributed by atoms with Gasteiger partial charge in [0.25, 0.3) is 0 Å². The van der Waals surface area contributed by atoms with Crippen LogP contribution in [0, 0.1) is 5.41 Å². The van der Waals surface area contributed by atoms with Crippen molar-refractivity contribution in [2.45, 2.75) is 24.0 Å². The van der Waals surface area contributed by atoms with Crippen molar-refractivity contribution in [2.24, 2.45) is 5.41 Å². The molecule has 85 heavy (non-hydrogen) atoms. The summed E-state index contributed by atoms with van der Waals surface area (Å²) in [5.74, 6) is -2.02. The molecule has 2 spiro atoms. The van der Waals surface area contributed by atoms with E-state index >= 15 is 9.59 Å². The maximum atomic E-state index is 17.6. The van der Waals surface area contributed by atoms with Gasteiger partial charge < -0.3 is 29.9 Å². The first-order chi connectivity index (χ1) is 41.8. The Bertz CT molecular complexity index is 7630. The van der Waals surface area contributed by atoms with E-state index in [9.17, 15) is 20.4 Å². The fourth-order valence-electron chi connectivity index (χ4n) is 27.3. The number of benzene rings is 20. The van der Waals surface area contributed by atoms with Gasteiger partial charge in [-0.1, -0.05) is 0 Å². The SMILES string of the molecule is O=C(OCc1cc(O)cc(O)c1)C1(C(=O)OCc2cc(O)cc(O)c2)C23c4c5c6c7c8c9c(c%10c%11c2c2c4c4c%12c5c5c6c6c8c8c%13c9c9c%10c%10c%11c%11c2c2c4c4c%12c%12c5c5c6c8c6c8c%13c9c9c%10c%10c%11c2c2c4c4c%12c5c6c5c8c9c%10c2c45)C713. The van der Waals surface area contributed by atoms with Crippen molar-refractivity contribution in [3.63, 3.8) is 0 Å². The average molecular weight is 1070 g/mol. The van der Waals surface area contributed by atoms with Gasteiger partial charge in [0.05, 0.1) is 10.8 Å². The minimum absolute atomic E-state index is 0.163. The van der Waals surface area contributed by atoms with Gasteiger partial charge in [-0.3, -0.25) is 9.59 Å². The largest absolute Gasteiger partial charge is 0.508 e. The number of ether oxygens (including phenoxy) is 2. The molecule has 0 amide bonds. The van der Waals surface area contributed by atoms with Crippen molar-refractivity contribution < 1.29 is 39.5 Å². The highest BCUT2D eigenvalue weighted by Crippen LogP contribution is 2.96. The molecule has 30 aromatic rings. The summed E-state index contributed by atoms with van der Waals surface area (Å²) in [5.41, 5.74) is 0.385. The Morgan fingerprint density at radius 2 is 0.376 bits per heavy atom. The third kappa shape index (κ3) is 2.05. The van der Waals surface area contributed by atoms with Crippen LogP contribution < -0.4 is 0 Å². The lowest BCUT2D eigenvalue weighted by molar-refractivity contribution is -0.168. The van der Waals surface area contributed by atoms with E-state index in [0.717, 1.165) is 22.3 Å². The fraction of sp³-hybridized carbons (Fsp3) is 0.0649. The van der Waals surface area contributed by atoms with Crippen molar-refractivity contribution in [3.8, 4) is 23.0 Å². The molecule has 370 valence electrons. The number of phenols is 4. The summed E-state index contributed by atoms with van der Waals surface area (Å²) in [5, 5.41) is 118. The summed E-state index contributed by atoms with van der Waals surface area (Å²) in [6, 6.07) is 8.55. The Morgan fingerprint density at radius 3 is 0.529 bits per heavy atom. The Balaban J connectivity index is 0.947. The van der Waals surface area contributed by atoms with Crippen LogP contribution in [0.3, 0.4) is 0 Å². The molecule has 30 aromatic carbocycles. The number of aromatic hydroxyl groups is 4. The van der Waals surface area contributed by atoms with E-state index in [2.05, 4.69) is 0 Å². The van der Waals surface area contributed by atoms with Gasteiger partial charge in [-0.05, 0) is 349 Å². The molecule has 5 aliphatic rings. The van der Waals surface area contributed by atoms with Gasteiger partial charge in [0, 0.05) is 12.1 Å².